The molecule has 0 unspecified atom stereocenters. The molecule has 0 aliphatic heterocycles. The van der Waals surface area contributed by atoms with Crippen molar-refractivity contribution in [2.45, 2.75) is 19.3 Å². The van der Waals surface area contributed by atoms with Crippen LogP contribution in [-0.2, 0) is 23.3 Å². The average molecular weight is 497 g/mol. The Labute approximate surface area is 138 Å². The van der Waals surface area contributed by atoms with Crippen LogP contribution in [-0.4, -0.2) is 4.40 Å². The van der Waals surface area contributed by atoms with Crippen LogP contribution in [0.2, 0.25) is 0 Å². The number of nitrogens with zero attached hydrogens (tertiary/aromatic N) is 1. The van der Waals surface area contributed by atoms with Crippen molar-refractivity contribution in [3.63, 3.8) is 0 Å². The third-order valence-corrected chi connectivity index (χ3v) is 6.73. The summed E-state index contributed by atoms with van der Waals surface area (Å²) in [5, 5.41) is 0. The molecular weight excluding hydrogens is 485 g/mol. The van der Waals surface area contributed by atoms with Crippen molar-refractivity contribution in [3.05, 3.63) is 65.0 Å². The van der Waals surface area contributed by atoms with Gasteiger partial charge < -0.3 is 0 Å². The van der Waals surface area contributed by atoms with Gasteiger partial charge in [0.05, 0.1) is 0 Å². The molecule has 0 radical (unpaired) electrons. The summed E-state index contributed by atoms with van der Waals surface area (Å²) in [6.45, 7) is 3.80. The fraction of sp³-hybridized carbons (Fsp3) is 0.188. The van der Waals surface area contributed by atoms with Gasteiger partial charge in [-0.1, -0.05) is 0 Å². The second-order valence-electron chi connectivity index (χ2n) is 5.32. The van der Waals surface area contributed by atoms with E-state index in [0.717, 1.165) is 5.56 Å². The summed E-state index contributed by atoms with van der Waals surface area (Å²) in [4.78, 5) is 0. The van der Waals surface area contributed by atoms with Gasteiger partial charge in [0.2, 0.25) is 0 Å². The van der Waals surface area contributed by atoms with Crippen molar-refractivity contribution in [2.24, 2.45) is 3.50 Å². The zero-order chi connectivity index (χ0) is 17.2. The summed E-state index contributed by atoms with van der Waals surface area (Å²) < 4.78 is 71.8. The van der Waals surface area contributed by atoms with E-state index >= 15 is 0 Å². The van der Waals surface area contributed by atoms with E-state index in [9.17, 15) is 22.0 Å². The summed E-state index contributed by atoms with van der Waals surface area (Å²) in [7, 11) is 0. The monoisotopic (exact) mass is 497 g/mol. The molecular formula is C16H12F5NW. The van der Waals surface area contributed by atoms with E-state index in [1.54, 1.807) is 4.40 Å². The molecule has 0 aromatic heterocycles. The predicted molar refractivity (Wildman–Crippen MR) is 73.9 cm³/mol. The van der Waals surface area contributed by atoms with Crippen LogP contribution in [0.4, 0.5) is 27.6 Å². The van der Waals surface area contributed by atoms with Gasteiger partial charge in [-0.15, -0.1) is 0 Å². The predicted octanol–water partition coefficient (Wildman–Crippen LogP) is 5.06. The fourth-order valence-electron chi connectivity index (χ4n) is 1.82. The Morgan fingerprint density at radius 3 is 1.83 bits per heavy atom. The van der Waals surface area contributed by atoms with Crippen LogP contribution in [0.25, 0.3) is 0 Å². The van der Waals surface area contributed by atoms with Gasteiger partial charge in [0.25, 0.3) is 0 Å². The zero-order valence-electron chi connectivity index (χ0n) is 12.2. The molecule has 0 heterocycles. The van der Waals surface area contributed by atoms with Crippen molar-refractivity contribution in [2.75, 3.05) is 0 Å². The van der Waals surface area contributed by atoms with Gasteiger partial charge in [0, 0.05) is 0 Å². The Morgan fingerprint density at radius 2 is 1.30 bits per heavy atom. The van der Waals surface area contributed by atoms with Crippen molar-refractivity contribution >= 4 is 10.1 Å². The first kappa shape index (κ1) is 17.8. The third-order valence-electron chi connectivity index (χ3n) is 3.20. The average Bonchev–Trinajstić information content (AvgIpc) is 2.55. The molecule has 0 atom stereocenters. The van der Waals surface area contributed by atoms with Crippen molar-refractivity contribution in [1.82, 2.24) is 0 Å². The van der Waals surface area contributed by atoms with Crippen molar-refractivity contribution in [3.8, 4) is 0 Å². The van der Waals surface area contributed by atoms with Crippen LogP contribution in [0.1, 0.15) is 19.4 Å². The van der Waals surface area contributed by atoms with Gasteiger partial charge in [0.1, 0.15) is 0 Å². The Balaban J connectivity index is 2.45. The van der Waals surface area contributed by atoms with E-state index in [1.807, 2.05) is 44.2 Å². The quantitative estimate of drug-likeness (QED) is 0.320. The summed E-state index contributed by atoms with van der Waals surface area (Å²) in [5.74, 6) is -9.87. The van der Waals surface area contributed by atoms with Crippen LogP contribution < -0.4 is 0 Å². The summed E-state index contributed by atoms with van der Waals surface area (Å²) in [6, 6.07) is 9.37. The second-order valence-corrected chi connectivity index (χ2v) is 7.58. The standard InChI is InChI=1S/C10H12.C6F5N.W/c1-10(2,3)9-7-5-4-6-8-9;7-1-2(8)4(10)6(12)5(11)3(1)9;/h1,4-8H,2-3H3;;. The molecule has 7 heteroatoms. The number of benzene rings is 2. The minimum atomic E-state index is -2.17. The Morgan fingerprint density at radius 1 is 0.826 bits per heavy atom. The fourth-order valence-corrected chi connectivity index (χ4v) is 4.40. The number of halogens is 5. The molecule has 0 aliphatic rings. The maximum atomic E-state index is 13.5. The number of hydrogen-bond donors (Lipinski definition) is 0. The summed E-state index contributed by atoms with van der Waals surface area (Å²) >= 11 is -1.83. The number of rotatable bonds is 3. The van der Waals surface area contributed by atoms with Crippen LogP contribution in [0.3, 0.4) is 0 Å². The summed E-state index contributed by atoms with van der Waals surface area (Å²) in [6.07, 6.45) is 0. The Hall–Kier alpha value is -1.55. The van der Waals surface area contributed by atoms with Gasteiger partial charge in [-0.25, -0.2) is 0 Å². The van der Waals surface area contributed by atoms with Crippen LogP contribution in [0, 0.1) is 29.1 Å². The molecule has 0 N–H and O–H groups in total. The van der Waals surface area contributed by atoms with Gasteiger partial charge in [-0.05, 0) is 0 Å². The van der Waals surface area contributed by atoms with Crippen LogP contribution >= 0.6 is 0 Å². The third kappa shape index (κ3) is 3.69. The molecule has 0 aliphatic carbocycles. The first-order valence-corrected chi connectivity index (χ1v) is 9.54. The zero-order valence-corrected chi connectivity index (χ0v) is 15.1. The minimum absolute atomic E-state index is 0.403. The molecule has 2 aromatic rings. The van der Waals surface area contributed by atoms with Gasteiger partial charge in [-0.2, -0.15) is 0 Å². The molecule has 0 saturated heterocycles. The SMILES string of the molecule is CC(C)([CH]=[W]=[N]c1c(F)c(F)c(F)c(F)c1F)c1ccccc1. The van der Waals surface area contributed by atoms with E-state index in [2.05, 4.69) is 3.50 Å². The molecule has 0 amide bonds. The van der Waals surface area contributed by atoms with Gasteiger partial charge in [0.15, 0.2) is 0 Å². The molecule has 2 rings (SSSR count). The van der Waals surface area contributed by atoms with Crippen molar-refractivity contribution in [1.29, 1.82) is 0 Å². The van der Waals surface area contributed by atoms with Crippen LogP contribution in [0.15, 0.2) is 33.8 Å². The molecule has 0 fully saturated rings. The first-order valence-electron chi connectivity index (χ1n) is 6.54. The molecule has 0 bridgehead atoms. The van der Waals surface area contributed by atoms with E-state index in [-0.39, 0.29) is 0 Å². The molecule has 122 valence electrons. The topological polar surface area (TPSA) is 12.4 Å². The normalized spacial score (nSPS) is 11.3. The van der Waals surface area contributed by atoms with E-state index in [1.165, 1.54) is 0 Å². The van der Waals surface area contributed by atoms with Gasteiger partial charge >= 0.3 is 138 Å². The maximum absolute atomic E-state index is 13.5. The second kappa shape index (κ2) is 6.91. The first-order chi connectivity index (χ1) is 10.8. The molecule has 1 nitrogen and oxygen atoms in total. The Bertz CT molecular complexity index is 767. The van der Waals surface area contributed by atoms with Gasteiger partial charge in [-0.3, -0.25) is 0 Å². The molecule has 23 heavy (non-hydrogen) atoms. The van der Waals surface area contributed by atoms with E-state index < -0.39 is 58.1 Å². The molecule has 0 saturated carbocycles. The molecule has 2 aromatic carbocycles. The number of hydrogen-bond acceptors (Lipinski definition) is 1. The van der Waals surface area contributed by atoms with Crippen molar-refractivity contribution < 1.29 is 39.9 Å². The Kier molecular flexibility index (Phi) is 5.35. The van der Waals surface area contributed by atoms with Crippen LogP contribution in [0.5, 0.6) is 0 Å². The van der Waals surface area contributed by atoms with E-state index in [0.29, 0.717) is 0 Å². The molecule has 0 spiro atoms. The summed E-state index contributed by atoms with van der Waals surface area (Å²) in [5.41, 5.74) is -0.501. The van der Waals surface area contributed by atoms with E-state index in [4.69, 9.17) is 0 Å².